The van der Waals surface area contributed by atoms with Crippen LogP contribution in [0.25, 0.3) is 27.5 Å². The Bertz CT molecular complexity index is 1160. The first-order valence-electron chi connectivity index (χ1n) is 10.7. The first-order chi connectivity index (χ1) is 14.1. The normalized spacial score (nSPS) is 18.4. The largest absolute Gasteiger partial charge is 0.356 e. The molecule has 1 aromatic heterocycles. The van der Waals surface area contributed by atoms with Crippen LogP contribution in [-0.2, 0) is 0 Å². The maximum atomic E-state index is 2.59. The van der Waals surface area contributed by atoms with Gasteiger partial charge in [-0.3, -0.25) is 4.90 Å². The van der Waals surface area contributed by atoms with E-state index in [9.17, 15) is 0 Å². The van der Waals surface area contributed by atoms with Gasteiger partial charge in [-0.15, -0.1) is 0 Å². The lowest BCUT2D eigenvalue weighted by Crippen LogP contribution is -2.43. The molecule has 1 aliphatic heterocycles. The van der Waals surface area contributed by atoms with Gasteiger partial charge < -0.3 is 9.47 Å². The molecule has 29 heavy (non-hydrogen) atoms. The van der Waals surface area contributed by atoms with E-state index in [2.05, 4.69) is 102 Å². The molecule has 3 nitrogen and oxygen atoms in total. The average Bonchev–Trinajstić information content (AvgIpc) is 2.96. The van der Waals surface area contributed by atoms with Crippen molar-refractivity contribution in [2.75, 3.05) is 25.0 Å². The maximum Gasteiger partial charge on any atom is 0.0789 e. The van der Waals surface area contributed by atoms with Gasteiger partial charge >= 0.3 is 0 Å². The Balaban J connectivity index is 1.77. The van der Waals surface area contributed by atoms with Crippen molar-refractivity contribution in [3.63, 3.8) is 0 Å². The number of anilines is 1. The lowest BCUT2D eigenvalue weighted by atomic mass is 10.1. The SMILES string of the molecule is Cc1cc2c(cc1N1CCCCN(C)[C@@H]1C)c1ccccc1n2-c1ccccc1. The van der Waals surface area contributed by atoms with Gasteiger partial charge in [-0.05, 0) is 76.2 Å². The number of fused-ring (bicyclic) bond motifs is 3. The standard InChI is InChI=1S/C26H29N3/c1-19-17-26-23(18-25(19)28-16-10-9-15-27(3)20(28)2)22-13-7-8-14-24(22)29(26)21-11-5-4-6-12-21/h4-8,11-14,17-18,20H,9-10,15-16H2,1-3H3/t20-/m0/s1. The predicted octanol–water partition coefficient (Wildman–Crippen LogP) is 5.97. The van der Waals surface area contributed by atoms with E-state index in [1.54, 1.807) is 0 Å². The van der Waals surface area contributed by atoms with Crippen LogP contribution in [0, 0.1) is 6.92 Å². The van der Waals surface area contributed by atoms with Crippen molar-refractivity contribution in [1.29, 1.82) is 0 Å². The van der Waals surface area contributed by atoms with E-state index in [-0.39, 0.29) is 0 Å². The number of hydrogen-bond acceptors (Lipinski definition) is 2. The van der Waals surface area contributed by atoms with Crippen molar-refractivity contribution in [1.82, 2.24) is 9.47 Å². The predicted molar refractivity (Wildman–Crippen MR) is 124 cm³/mol. The first-order valence-corrected chi connectivity index (χ1v) is 10.7. The molecule has 0 spiro atoms. The van der Waals surface area contributed by atoms with Crippen molar-refractivity contribution < 1.29 is 0 Å². The van der Waals surface area contributed by atoms with Crippen LogP contribution in [0.4, 0.5) is 5.69 Å². The van der Waals surface area contributed by atoms with Gasteiger partial charge in [0.15, 0.2) is 0 Å². The maximum absolute atomic E-state index is 2.59. The molecule has 3 aromatic carbocycles. The molecule has 3 heteroatoms. The molecule has 1 fully saturated rings. The summed E-state index contributed by atoms with van der Waals surface area (Å²) in [7, 11) is 2.25. The summed E-state index contributed by atoms with van der Waals surface area (Å²) in [5.41, 5.74) is 6.49. The summed E-state index contributed by atoms with van der Waals surface area (Å²) in [6.45, 7) is 6.89. The van der Waals surface area contributed by atoms with Gasteiger partial charge in [-0.1, -0.05) is 36.4 Å². The number of hydrogen-bond donors (Lipinski definition) is 0. The molecule has 0 amide bonds. The van der Waals surface area contributed by atoms with Crippen LogP contribution in [0.1, 0.15) is 25.3 Å². The molecule has 0 N–H and O–H groups in total. The van der Waals surface area contributed by atoms with E-state index in [1.165, 1.54) is 58.1 Å². The number of aryl methyl sites for hydroxylation is 1. The summed E-state index contributed by atoms with van der Waals surface area (Å²) >= 11 is 0. The molecule has 1 saturated heterocycles. The monoisotopic (exact) mass is 383 g/mol. The number of para-hydroxylation sites is 2. The topological polar surface area (TPSA) is 11.4 Å². The highest BCUT2D eigenvalue weighted by Crippen LogP contribution is 2.37. The summed E-state index contributed by atoms with van der Waals surface area (Å²) in [5, 5.41) is 2.66. The first kappa shape index (κ1) is 18.3. The highest BCUT2D eigenvalue weighted by atomic mass is 15.3. The van der Waals surface area contributed by atoms with Crippen LogP contribution in [0.5, 0.6) is 0 Å². The number of rotatable bonds is 2. The van der Waals surface area contributed by atoms with Gasteiger partial charge in [-0.2, -0.15) is 0 Å². The minimum Gasteiger partial charge on any atom is -0.356 e. The van der Waals surface area contributed by atoms with Crippen LogP contribution in [0.15, 0.2) is 66.7 Å². The number of benzene rings is 3. The quantitative estimate of drug-likeness (QED) is 0.422. The van der Waals surface area contributed by atoms with E-state index in [1.807, 2.05) is 0 Å². The zero-order valence-electron chi connectivity index (χ0n) is 17.6. The molecular weight excluding hydrogens is 354 g/mol. The average molecular weight is 384 g/mol. The highest BCUT2D eigenvalue weighted by molar-refractivity contribution is 6.10. The van der Waals surface area contributed by atoms with Crippen LogP contribution >= 0.6 is 0 Å². The Labute approximate surface area is 173 Å². The molecular formula is C26H29N3. The van der Waals surface area contributed by atoms with Gasteiger partial charge in [-0.25, -0.2) is 0 Å². The fourth-order valence-corrected chi connectivity index (χ4v) is 4.85. The summed E-state index contributed by atoms with van der Waals surface area (Å²) in [6.07, 6.45) is 2.93. The molecule has 148 valence electrons. The van der Waals surface area contributed by atoms with E-state index >= 15 is 0 Å². The molecule has 5 rings (SSSR count). The minimum atomic E-state index is 0.413. The summed E-state index contributed by atoms with van der Waals surface area (Å²) < 4.78 is 2.40. The zero-order valence-corrected chi connectivity index (χ0v) is 17.6. The van der Waals surface area contributed by atoms with Gasteiger partial charge in [0.2, 0.25) is 0 Å². The third kappa shape index (κ3) is 3.01. The molecule has 1 atom stereocenters. The van der Waals surface area contributed by atoms with Gasteiger partial charge in [0.05, 0.1) is 17.2 Å². The van der Waals surface area contributed by atoms with E-state index in [0.717, 1.165) is 6.54 Å². The lowest BCUT2D eigenvalue weighted by Gasteiger charge is -2.35. The van der Waals surface area contributed by atoms with Crippen LogP contribution < -0.4 is 4.90 Å². The second-order valence-corrected chi connectivity index (χ2v) is 8.36. The molecule has 0 radical (unpaired) electrons. The minimum absolute atomic E-state index is 0.413. The zero-order chi connectivity index (χ0) is 20.0. The van der Waals surface area contributed by atoms with Gasteiger partial charge in [0.25, 0.3) is 0 Å². The third-order valence-corrected chi connectivity index (χ3v) is 6.56. The molecule has 0 saturated carbocycles. The summed E-state index contributed by atoms with van der Waals surface area (Å²) in [4.78, 5) is 5.07. The third-order valence-electron chi connectivity index (χ3n) is 6.56. The van der Waals surface area contributed by atoms with Gasteiger partial charge in [0.1, 0.15) is 0 Å². The second-order valence-electron chi connectivity index (χ2n) is 8.36. The Morgan fingerprint density at radius 2 is 1.52 bits per heavy atom. The van der Waals surface area contributed by atoms with Crippen LogP contribution in [0.3, 0.4) is 0 Å². The molecule has 1 aliphatic rings. The number of nitrogens with zero attached hydrogens (tertiary/aromatic N) is 3. The highest BCUT2D eigenvalue weighted by Gasteiger charge is 2.24. The van der Waals surface area contributed by atoms with Crippen molar-refractivity contribution in [3.05, 3.63) is 72.3 Å². The smallest absolute Gasteiger partial charge is 0.0789 e. The van der Waals surface area contributed by atoms with Crippen molar-refractivity contribution in [2.24, 2.45) is 0 Å². The molecule has 4 aromatic rings. The summed E-state index contributed by atoms with van der Waals surface area (Å²) in [5.74, 6) is 0. The van der Waals surface area contributed by atoms with Crippen molar-refractivity contribution in [3.8, 4) is 5.69 Å². The van der Waals surface area contributed by atoms with Crippen molar-refractivity contribution in [2.45, 2.75) is 32.9 Å². The molecule has 0 aliphatic carbocycles. The molecule has 0 bridgehead atoms. The fraction of sp³-hybridized carbons (Fsp3) is 0.308. The van der Waals surface area contributed by atoms with E-state index < -0.39 is 0 Å². The molecule has 0 unspecified atom stereocenters. The van der Waals surface area contributed by atoms with Crippen LogP contribution in [0.2, 0.25) is 0 Å². The van der Waals surface area contributed by atoms with E-state index in [4.69, 9.17) is 0 Å². The van der Waals surface area contributed by atoms with Gasteiger partial charge in [0, 0.05) is 28.7 Å². The molecule has 2 heterocycles. The van der Waals surface area contributed by atoms with Crippen molar-refractivity contribution >= 4 is 27.5 Å². The van der Waals surface area contributed by atoms with E-state index in [0.29, 0.717) is 6.17 Å². The number of aromatic nitrogens is 1. The Kier molecular flexibility index (Phi) is 4.56. The Morgan fingerprint density at radius 1 is 0.793 bits per heavy atom. The summed E-state index contributed by atoms with van der Waals surface area (Å²) in [6, 6.07) is 24.3. The fourth-order valence-electron chi connectivity index (χ4n) is 4.85. The second kappa shape index (κ2) is 7.23. The lowest BCUT2D eigenvalue weighted by molar-refractivity contribution is 0.267. The van der Waals surface area contributed by atoms with Crippen LogP contribution in [-0.4, -0.2) is 35.8 Å². The Hall–Kier alpha value is -2.78. The Morgan fingerprint density at radius 3 is 2.34 bits per heavy atom.